The third-order valence-corrected chi connectivity index (χ3v) is 4.59. The van der Waals surface area contributed by atoms with E-state index in [1.165, 1.54) is 0 Å². The number of hydrogen-bond acceptors (Lipinski definition) is 2. The Morgan fingerprint density at radius 3 is 2.44 bits per heavy atom. The molecular weight excluding hydrogens is 334 g/mol. The number of hydrogen-bond donors (Lipinski definition) is 1. The fourth-order valence-electron chi connectivity index (χ4n) is 1.51. The lowest BCUT2D eigenvalue weighted by molar-refractivity contribution is 0.682. The SMILES string of the molecule is Nc1cc(Br)ccc1CS(=O)c1ccc(Cl)cc1. The Hall–Kier alpha value is -0.840. The highest BCUT2D eigenvalue weighted by Gasteiger charge is 2.08. The van der Waals surface area contributed by atoms with E-state index < -0.39 is 10.8 Å². The predicted molar refractivity (Wildman–Crippen MR) is 80.1 cm³/mol. The number of halogens is 2. The van der Waals surface area contributed by atoms with Crippen molar-refractivity contribution in [3.63, 3.8) is 0 Å². The third kappa shape index (κ3) is 3.34. The monoisotopic (exact) mass is 343 g/mol. The molecule has 94 valence electrons. The lowest BCUT2D eigenvalue weighted by atomic mass is 10.2. The van der Waals surface area contributed by atoms with Gasteiger partial charge in [-0.05, 0) is 42.0 Å². The molecule has 1 unspecified atom stereocenters. The summed E-state index contributed by atoms with van der Waals surface area (Å²) < 4.78 is 13.1. The van der Waals surface area contributed by atoms with E-state index in [2.05, 4.69) is 15.9 Å². The molecule has 0 aliphatic heterocycles. The van der Waals surface area contributed by atoms with Crippen LogP contribution in [0.2, 0.25) is 5.02 Å². The van der Waals surface area contributed by atoms with Gasteiger partial charge in [-0.25, -0.2) is 0 Å². The minimum atomic E-state index is -1.11. The van der Waals surface area contributed by atoms with Crippen molar-refractivity contribution in [3.8, 4) is 0 Å². The van der Waals surface area contributed by atoms with Crippen LogP contribution < -0.4 is 5.73 Å². The average Bonchev–Trinajstić information content (AvgIpc) is 2.33. The van der Waals surface area contributed by atoms with Crippen molar-refractivity contribution in [2.24, 2.45) is 0 Å². The van der Waals surface area contributed by atoms with E-state index >= 15 is 0 Å². The maximum atomic E-state index is 12.2. The Bertz CT molecular complexity index is 586. The highest BCUT2D eigenvalue weighted by atomic mass is 79.9. The van der Waals surface area contributed by atoms with Gasteiger partial charge in [-0.2, -0.15) is 0 Å². The van der Waals surface area contributed by atoms with Gasteiger partial charge < -0.3 is 5.73 Å². The first-order chi connectivity index (χ1) is 8.56. The Morgan fingerprint density at radius 1 is 1.17 bits per heavy atom. The van der Waals surface area contributed by atoms with Crippen LogP contribution in [0.5, 0.6) is 0 Å². The molecule has 0 aliphatic rings. The van der Waals surface area contributed by atoms with Crippen LogP contribution in [0.1, 0.15) is 5.56 Å². The summed E-state index contributed by atoms with van der Waals surface area (Å²) in [6.07, 6.45) is 0. The largest absolute Gasteiger partial charge is 0.398 e. The Balaban J connectivity index is 2.18. The van der Waals surface area contributed by atoms with Gasteiger partial charge in [-0.3, -0.25) is 4.21 Å². The van der Waals surface area contributed by atoms with Gasteiger partial charge in [0, 0.05) is 20.1 Å². The minimum Gasteiger partial charge on any atom is -0.398 e. The van der Waals surface area contributed by atoms with E-state index in [1.54, 1.807) is 24.3 Å². The molecule has 0 spiro atoms. The lowest BCUT2D eigenvalue weighted by Gasteiger charge is -2.06. The Morgan fingerprint density at radius 2 is 1.83 bits per heavy atom. The van der Waals surface area contributed by atoms with E-state index in [0.29, 0.717) is 16.5 Å². The third-order valence-electron chi connectivity index (χ3n) is 2.47. The van der Waals surface area contributed by atoms with Gasteiger partial charge in [0.15, 0.2) is 0 Å². The molecule has 0 aromatic heterocycles. The van der Waals surface area contributed by atoms with E-state index in [-0.39, 0.29) is 0 Å². The summed E-state index contributed by atoms with van der Waals surface area (Å²) in [7, 11) is -1.11. The number of rotatable bonds is 3. The molecule has 0 fully saturated rings. The standard InChI is InChI=1S/C13H11BrClNOS/c14-10-2-1-9(13(16)7-10)8-18(17)12-5-3-11(15)4-6-12/h1-7H,8,16H2. The van der Waals surface area contributed by atoms with Crippen molar-refractivity contribution >= 4 is 44.0 Å². The maximum Gasteiger partial charge on any atom is 0.0574 e. The molecule has 2 aromatic carbocycles. The van der Waals surface area contributed by atoms with Gasteiger partial charge in [0.1, 0.15) is 0 Å². The van der Waals surface area contributed by atoms with E-state index in [1.807, 2.05) is 18.2 Å². The van der Waals surface area contributed by atoms with Crippen molar-refractivity contribution in [3.05, 3.63) is 57.5 Å². The summed E-state index contributed by atoms with van der Waals surface area (Å²) in [5.74, 6) is 0.404. The minimum absolute atomic E-state index is 0.404. The summed E-state index contributed by atoms with van der Waals surface area (Å²) >= 11 is 9.14. The van der Waals surface area contributed by atoms with E-state index in [0.717, 1.165) is 14.9 Å². The van der Waals surface area contributed by atoms with Gasteiger partial charge in [-0.15, -0.1) is 0 Å². The van der Waals surface area contributed by atoms with E-state index in [4.69, 9.17) is 17.3 Å². The first kappa shape index (κ1) is 13.6. The fourth-order valence-corrected chi connectivity index (χ4v) is 3.16. The predicted octanol–water partition coefficient (Wildman–Crippen LogP) is 3.99. The number of nitrogen functional groups attached to an aromatic ring is 1. The summed E-state index contributed by atoms with van der Waals surface area (Å²) in [5, 5.41) is 0.638. The number of benzene rings is 2. The fraction of sp³-hybridized carbons (Fsp3) is 0.0769. The Kier molecular flexibility index (Phi) is 4.43. The van der Waals surface area contributed by atoms with Crippen molar-refractivity contribution in [2.75, 3.05) is 5.73 Å². The van der Waals surface area contributed by atoms with Gasteiger partial charge in [-0.1, -0.05) is 33.6 Å². The number of nitrogens with two attached hydrogens (primary N) is 1. The molecule has 0 saturated heterocycles. The summed E-state index contributed by atoms with van der Waals surface area (Å²) in [5.41, 5.74) is 7.41. The van der Waals surface area contributed by atoms with Crippen molar-refractivity contribution in [2.45, 2.75) is 10.6 Å². The summed E-state index contributed by atoms with van der Waals surface area (Å²) in [6, 6.07) is 12.6. The van der Waals surface area contributed by atoms with Crippen LogP contribution in [0.25, 0.3) is 0 Å². The van der Waals surface area contributed by atoms with Crippen LogP contribution in [0.4, 0.5) is 5.69 Å². The molecule has 5 heteroatoms. The molecule has 2 aromatic rings. The molecule has 2 rings (SSSR count). The smallest absolute Gasteiger partial charge is 0.0574 e. The first-order valence-electron chi connectivity index (χ1n) is 5.24. The van der Waals surface area contributed by atoms with Gasteiger partial charge >= 0.3 is 0 Å². The highest BCUT2D eigenvalue weighted by molar-refractivity contribution is 9.10. The molecule has 2 N–H and O–H groups in total. The number of anilines is 1. The van der Waals surface area contributed by atoms with Crippen molar-refractivity contribution in [1.82, 2.24) is 0 Å². The first-order valence-corrected chi connectivity index (χ1v) is 7.73. The topological polar surface area (TPSA) is 43.1 Å². The normalized spacial score (nSPS) is 12.3. The highest BCUT2D eigenvalue weighted by Crippen LogP contribution is 2.22. The molecule has 0 saturated carbocycles. The second-order valence-electron chi connectivity index (χ2n) is 3.79. The molecule has 0 bridgehead atoms. The molecule has 18 heavy (non-hydrogen) atoms. The maximum absolute atomic E-state index is 12.2. The van der Waals surface area contributed by atoms with E-state index in [9.17, 15) is 4.21 Å². The zero-order valence-electron chi connectivity index (χ0n) is 9.40. The zero-order valence-corrected chi connectivity index (χ0v) is 12.6. The van der Waals surface area contributed by atoms with Gasteiger partial charge in [0.2, 0.25) is 0 Å². The molecule has 1 atom stereocenters. The van der Waals surface area contributed by atoms with Crippen LogP contribution >= 0.6 is 27.5 Å². The summed E-state index contributed by atoms with van der Waals surface area (Å²) in [4.78, 5) is 0.752. The molecule has 2 nitrogen and oxygen atoms in total. The molecule has 0 radical (unpaired) electrons. The zero-order chi connectivity index (χ0) is 13.1. The molecular formula is C13H11BrClNOS. The van der Waals surface area contributed by atoms with Crippen molar-refractivity contribution in [1.29, 1.82) is 0 Å². The quantitative estimate of drug-likeness (QED) is 0.855. The molecule has 0 heterocycles. The van der Waals surface area contributed by atoms with Crippen LogP contribution in [0.3, 0.4) is 0 Å². The van der Waals surface area contributed by atoms with Crippen LogP contribution in [-0.2, 0) is 16.6 Å². The molecule has 0 amide bonds. The summed E-state index contributed by atoms with van der Waals surface area (Å²) in [6.45, 7) is 0. The average molecular weight is 345 g/mol. The van der Waals surface area contributed by atoms with Crippen LogP contribution in [0, 0.1) is 0 Å². The second-order valence-corrected chi connectivity index (χ2v) is 6.59. The second kappa shape index (κ2) is 5.87. The van der Waals surface area contributed by atoms with Gasteiger partial charge in [0.25, 0.3) is 0 Å². The van der Waals surface area contributed by atoms with Crippen LogP contribution in [0.15, 0.2) is 51.8 Å². The Labute approximate surface area is 122 Å². The van der Waals surface area contributed by atoms with Crippen LogP contribution in [-0.4, -0.2) is 4.21 Å². The molecule has 0 aliphatic carbocycles. The lowest BCUT2D eigenvalue weighted by Crippen LogP contribution is -2.00. The van der Waals surface area contributed by atoms with Gasteiger partial charge in [0.05, 0.1) is 16.6 Å². The van der Waals surface area contributed by atoms with Crippen molar-refractivity contribution < 1.29 is 4.21 Å².